The fourth-order valence-corrected chi connectivity index (χ4v) is 2.95. The van der Waals surface area contributed by atoms with Crippen LogP contribution in [0.1, 0.15) is 21.7 Å². The Labute approximate surface area is 138 Å². The molecule has 0 aliphatic carbocycles. The van der Waals surface area contributed by atoms with Crippen molar-refractivity contribution in [3.63, 3.8) is 0 Å². The second-order valence-corrected chi connectivity index (χ2v) is 6.01. The molecule has 6 heteroatoms. The molecule has 0 radical (unpaired) electrons. The number of aromatic nitrogens is 1. The van der Waals surface area contributed by atoms with E-state index >= 15 is 0 Å². The van der Waals surface area contributed by atoms with Crippen LogP contribution in [0.15, 0.2) is 18.2 Å². The first-order valence-corrected chi connectivity index (χ1v) is 7.38. The number of ether oxygens (including phenoxy) is 1. The minimum absolute atomic E-state index is 0.127. The van der Waals surface area contributed by atoms with Gasteiger partial charge in [0.1, 0.15) is 0 Å². The highest BCUT2D eigenvalue weighted by molar-refractivity contribution is 6.40. The summed E-state index contributed by atoms with van der Waals surface area (Å²) in [5, 5.41) is 0.973. The maximum Gasteiger partial charge on any atom is 0.202 e. The summed E-state index contributed by atoms with van der Waals surface area (Å²) in [5.74, 6) is 0.139. The van der Waals surface area contributed by atoms with Gasteiger partial charge in [-0.3, -0.25) is 4.79 Å². The van der Waals surface area contributed by atoms with Crippen molar-refractivity contribution in [1.82, 2.24) is 4.57 Å². The molecular formula is C15H14Cl3NO2. The van der Waals surface area contributed by atoms with Crippen LogP contribution in [0.5, 0.6) is 5.75 Å². The lowest BCUT2D eigenvalue weighted by atomic mass is 10.1. The number of ketones is 1. The van der Waals surface area contributed by atoms with E-state index in [2.05, 4.69) is 0 Å². The van der Waals surface area contributed by atoms with Crippen molar-refractivity contribution in [3.05, 3.63) is 50.2 Å². The number of halogens is 3. The van der Waals surface area contributed by atoms with E-state index in [1.165, 1.54) is 12.1 Å². The Hall–Kier alpha value is -1.16. The lowest BCUT2D eigenvalue weighted by molar-refractivity contribution is 0.0921. The molecule has 0 N–H and O–H groups in total. The van der Waals surface area contributed by atoms with E-state index in [1.807, 2.05) is 31.5 Å². The van der Waals surface area contributed by atoms with Crippen molar-refractivity contribution >= 4 is 40.6 Å². The average molecular weight is 347 g/mol. The van der Waals surface area contributed by atoms with Crippen molar-refractivity contribution in [1.29, 1.82) is 0 Å². The predicted molar refractivity (Wildman–Crippen MR) is 86.2 cm³/mol. The Morgan fingerprint density at radius 2 is 1.71 bits per heavy atom. The van der Waals surface area contributed by atoms with Crippen LogP contribution in [0.25, 0.3) is 0 Å². The van der Waals surface area contributed by atoms with Crippen LogP contribution in [-0.4, -0.2) is 17.0 Å². The molecule has 0 spiro atoms. The molecule has 2 aromatic rings. The monoisotopic (exact) mass is 345 g/mol. The van der Waals surface area contributed by atoms with Gasteiger partial charge < -0.3 is 9.30 Å². The number of carbonyl (C=O) groups excluding carboxylic acids is 1. The first-order chi connectivity index (χ1) is 9.81. The molecule has 3 nitrogen and oxygen atoms in total. The summed E-state index contributed by atoms with van der Waals surface area (Å²) in [6, 6.07) is 4.88. The van der Waals surface area contributed by atoms with E-state index in [1.54, 1.807) is 0 Å². The molecule has 0 saturated carbocycles. The largest absolute Gasteiger partial charge is 0.482 e. The number of rotatable bonds is 4. The van der Waals surface area contributed by atoms with Crippen LogP contribution in [0, 0.1) is 13.8 Å². The number of hydrogen-bond donors (Lipinski definition) is 0. The molecule has 0 amide bonds. The highest BCUT2D eigenvalue weighted by Gasteiger charge is 2.16. The van der Waals surface area contributed by atoms with Gasteiger partial charge in [-0.1, -0.05) is 34.8 Å². The summed E-state index contributed by atoms with van der Waals surface area (Å²) in [4.78, 5) is 12.2. The fourth-order valence-electron chi connectivity index (χ4n) is 2.02. The number of benzene rings is 1. The van der Waals surface area contributed by atoms with Crippen molar-refractivity contribution < 1.29 is 9.53 Å². The molecule has 0 fully saturated rings. The summed E-state index contributed by atoms with van der Waals surface area (Å²) >= 11 is 17.9. The molecule has 0 atom stereocenters. The minimum atomic E-state index is -0.134. The molecule has 21 heavy (non-hydrogen) atoms. The van der Waals surface area contributed by atoms with Gasteiger partial charge in [0.05, 0.1) is 10.0 Å². The molecule has 1 heterocycles. The SMILES string of the molecule is Cc1cc(C(=O)COc2c(Cl)cc(Cl)cc2Cl)c(C)n1C. The van der Waals surface area contributed by atoms with Crippen molar-refractivity contribution in [2.75, 3.05) is 6.61 Å². The standard InChI is InChI=1S/C15H14Cl3NO2/c1-8-4-11(9(2)19(8)3)14(20)7-21-15-12(17)5-10(16)6-13(15)18/h4-6H,7H2,1-3H3. The third kappa shape index (κ3) is 3.37. The summed E-state index contributed by atoms with van der Waals surface area (Å²) in [6.45, 7) is 3.70. The summed E-state index contributed by atoms with van der Waals surface area (Å²) < 4.78 is 7.42. The van der Waals surface area contributed by atoms with Crippen LogP contribution in [0.2, 0.25) is 15.1 Å². The maximum atomic E-state index is 12.2. The third-order valence-corrected chi connectivity index (χ3v) is 4.17. The van der Waals surface area contributed by atoms with E-state index < -0.39 is 0 Å². The normalized spacial score (nSPS) is 10.8. The Morgan fingerprint density at radius 3 is 2.19 bits per heavy atom. The van der Waals surface area contributed by atoms with Crippen molar-refractivity contribution in [2.24, 2.45) is 7.05 Å². The van der Waals surface area contributed by atoms with Gasteiger partial charge in [0.25, 0.3) is 0 Å². The molecule has 0 aliphatic heterocycles. The van der Waals surface area contributed by atoms with Gasteiger partial charge in [0.15, 0.2) is 12.4 Å². The van der Waals surface area contributed by atoms with E-state index in [-0.39, 0.29) is 28.2 Å². The summed E-state index contributed by atoms with van der Waals surface area (Å²) in [6.07, 6.45) is 0. The molecular weight excluding hydrogens is 333 g/mol. The molecule has 0 bridgehead atoms. The Balaban J connectivity index is 2.17. The maximum absolute atomic E-state index is 12.2. The van der Waals surface area contributed by atoms with Crippen LogP contribution in [-0.2, 0) is 7.05 Å². The van der Waals surface area contributed by atoms with E-state index in [0.29, 0.717) is 10.6 Å². The van der Waals surface area contributed by atoms with Gasteiger partial charge in [0, 0.05) is 29.0 Å². The number of Topliss-reactive ketones (excluding diaryl/α,β-unsaturated/α-hetero) is 1. The Morgan fingerprint density at radius 1 is 1.14 bits per heavy atom. The van der Waals surface area contributed by atoms with E-state index in [0.717, 1.165) is 11.4 Å². The van der Waals surface area contributed by atoms with Crippen LogP contribution in [0.4, 0.5) is 0 Å². The summed E-state index contributed by atoms with van der Waals surface area (Å²) in [7, 11) is 1.91. The average Bonchev–Trinajstić information content (AvgIpc) is 2.65. The molecule has 0 saturated heterocycles. The van der Waals surface area contributed by atoms with Gasteiger partial charge in [-0.05, 0) is 32.0 Å². The molecule has 0 aliphatic rings. The third-order valence-electron chi connectivity index (χ3n) is 3.39. The van der Waals surface area contributed by atoms with Gasteiger partial charge in [-0.25, -0.2) is 0 Å². The highest BCUT2D eigenvalue weighted by Crippen LogP contribution is 2.35. The Bertz CT molecular complexity index is 684. The van der Waals surface area contributed by atoms with Gasteiger partial charge in [0.2, 0.25) is 5.78 Å². The number of carbonyl (C=O) groups is 1. The lowest BCUT2D eigenvalue weighted by Crippen LogP contribution is -2.13. The van der Waals surface area contributed by atoms with Gasteiger partial charge >= 0.3 is 0 Å². The first kappa shape index (κ1) is 16.2. The minimum Gasteiger partial charge on any atom is -0.482 e. The van der Waals surface area contributed by atoms with Gasteiger partial charge in [-0.2, -0.15) is 0 Å². The second kappa shape index (κ2) is 6.30. The zero-order valence-electron chi connectivity index (χ0n) is 11.8. The molecule has 0 unspecified atom stereocenters. The second-order valence-electron chi connectivity index (χ2n) is 4.75. The van der Waals surface area contributed by atoms with Crippen LogP contribution < -0.4 is 4.74 Å². The number of hydrogen-bond acceptors (Lipinski definition) is 2. The topological polar surface area (TPSA) is 31.2 Å². The highest BCUT2D eigenvalue weighted by atomic mass is 35.5. The zero-order chi connectivity index (χ0) is 15.7. The first-order valence-electron chi connectivity index (χ1n) is 6.24. The lowest BCUT2D eigenvalue weighted by Gasteiger charge is -2.10. The van der Waals surface area contributed by atoms with E-state index in [9.17, 15) is 4.79 Å². The van der Waals surface area contributed by atoms with Crippen LogP contribution >= 0.6 is 34.8 Å². The quantitative estimate of drug-likeness (QED) is 0.740. The number of aryl methyl sites for hydroxylation is 1. The predicted octanol–water partition coefficient (Wildman–Crippen LogP) is 4.86. The summed E-state index contributed by atoms with van der Waals surface area (Å²) in [5.41, 5.74) is 2.55. The van der Waals surface area contributed by atoms with Crippen molar-refractivity contribution in [3.8, 4) is 5.75 Å². The van der Waals surface area contributed by atoms with Crippen molar-refractivity contribution in [2.45, 2.75) is 13.8 Å². The fraction of sp³-hybridized carbons (Fsp3) is 0.267. The zero-order valence-corrected chi connectivity index (χ0v) is 14.1. The van der Waals surface area contributed by atoms with Crippen LogP contribution in [0.3, 0.4) is 0 Å². The smallest absolute Gasteiger partial charge is 0.202 e. The molecule has 2 rings (SSSR count). The molecule has 112 valence electrons. The molecule has 1 aromatic carbocycles. The number of nitrogens with zero attached hydrogens (tertiary/aromatic N) is 1. The Kier molecular flexibility index (Phi) is 4.87. The van der Waals surface area contributed by atoms with Gasteiger partial charge in [-0.15, -0.1) is 0 Å². The molecule has 1 aromatic heterocycles. The van der Waals surface area contributed by atoms with E-state index in [4.69, 9.17) is 39.5 Å².